The molecule has 0 amide bonds. The van der Waals surface area contributed by atoms with Crippen molar-refractivity contribution in [3.8, 4) is 55.6 Å². The molecule has 12 aromatic carbocycles. The Morgan fingerprint density at radius 2 is 0.662 bits per heavy atom. The number of nitrogens with zero attached hydrogens (tertiary/aromatic N) is 1. The van der Waals surface area contributed by atoms with Gasteiger partial charge in [0.2, 0.25) is 0 Å². The summed E-state index contributed by atoms with van der Waals surface area (Å²) in [5.74, 6) is 0. The Balaban J connectivity index is 1.04. The molecule has 0 aliphatic heterocycles. The van der Waals surface area contributed by atoms with E-state index < -0.39 is 0 Å². The average molecular weight is 826 g/mol. The zero-order valence-electron chi connectivity index (χ0n) is 35.8. The third-order valence-corrected chi connectivity index (χ3v) is 13.0. The quantitative estimate of drug-likeness (QED) is 0.138. The standard InChI is InChI=1S/C64H43N/c1-4-17-44(18-5-1)49-33-34-51-41-56(37-35-50(51)39-49)65(55-28-15-26-53(42-55)58-32-16-24-45-19-10-11-29-57(45)58)54-27-14-25-48(40-54)52-36-38-60-59-30-12-13-31-61(59)63(46-20-6-2-7-21-46)64(62(60)43-52)47-22-8-3-9-23-47/h1-43H. The molecule has 0 radical (unpaired) electrons. The highest BCUT2D eigenvalue weighted by molar-refractivity contribution is 6.22. The van der Waals surface area contributed by atoms with E-state index in [4.69, 9.17) is 0 Å². The van der Waals surface area contributed by atoms with Gasteiger partial charge >= 0.3 is 0 Å². The predicted molar refractivity (Wildman–Crippen MR) is 278 cm³/mol. The van der Waals surface area contributed by atoms with E-state index >= 15 is 0 Å². The van der Waals surface area contributed by atoms with Gasteiger partial charge in [-0.1, -0.05) is 212 Å². The first kappa shape index (κ1) is 38.2. The maximum Gasteiger partial charge on any atom is 0.0468 e. The lowest BCUT2D eigenvalue weighted by Crippen LogP contribution is -2.10. The number of benzene rings is 12. The Bertz CT molecular complexity index is 3700. The van der Waals surface area contributed by atoms with Gasteiger partial charge in [-0.05, 0) is 147 Å². The highest BCUT2D eigenvalue weighted by atomic mass is 15.1. The minimum Gasteiger partial charge on any atom is -0.310 e. The lowest BCUT2D eigenvalue weighted by atomic mass is 9.84. The molecule has 0 aliphatic rings. The van der Waals surface area contributed by atoms with Crippen molar-refractivity contribution in [1.82, 2.24) is 0 Å². The van der Waals surface area contributed by atoms with Crippen LogP contribution in [-0.2, 0) is 0 Å². The summed E-state index contributed by atoms with van der Waals surface area (Å²) in [6, 6.07) is 95.3. The molecule has 0 saturated heterocycles. The van der Waals surface area contributed by atoms with Gasteiger partial charge in [0.05, 0.1) is 0 Å². The van der Waals surface area contributed by atoms with E-state index in [-0.39, 0.29) is 0 Å². The van der Waals surface area contributed by atoms with E-state index in [9.17, 15) is 0 Å². The molecular formula is C64H43N. The summed E-state index contributed by atoms with van der Waals surface area (Å²) in [6.07, 6.45) is 0. The third-order valence-electron chi connectivity index (χ3n) is 13.0. The van der Waals surface area contributed by atoms with Gasteiger partial charge in [-0.3, -0.25) is 0 Å². The van der Waals surface area contributed by atoms with Crippen molar-refractivity contribution in [2.24, 2.45) is 0 Å². The van der Waals surface area contributed by atoms with Crippen molar-refractivity contribution in [1.29, 1.82) is 0 Å². The predicted octanol–water partition coefficient (Wildman–Crippen LogP) is 18.1. The van der Waals surface area contributed by atoms with Gasteiger partial charge < -0.3 is 4.90 Å². The van der Waals surface area contributed by atoms with Gasteiger partial charge in [0, 0.05) is 17.1 Å². The van der Waals surface area contributed by atoms with Crippen molar-refractivity contribution in [3.05, 3.63) is 261 Å². The minimum atomic E-state index is 1.09. The molecule has 0 spiro atoms. The van der Waals surface area contributed by atoms with Gasteiger partial charge in [0.25, 0.3) is 0 Å². The highest BCUT2D eigenvalue weighted by Gasteiger charge is 2.20. The third kappa shape index (κ3) is 7.01. The topological polar surface area (TPSA) is 3.24 Å². The number of fused-ring (bicyclic) bond motifs is 5. The maximum absolute atomic E-state index is 2.42. The maximum atomic E-state index is 2.42. The van der Waals surface area contributed by atoms with Crippen LogP contribution in [-0.4, -0.2) is 0 Å². The monoisotopic (exact) mass is 825 g/mol. The second-order valence-electron chi connectivity index (χ2n) is 16.9. The zero-order chi connectivity index (χ0) is 43.1. The van der Waals surface area contributed by atoms with Crippen LogP contribution in [0.15, 0.2) is 261 Å². The summed E-state index contributed by atoms with van der Waals surface area (Å²) < 4.78 is 0. The largest absolute Gasteiger partial charge is 0.310 e. The summed E-state index contributed by atoms with van der Waals surface area (Å²) in [7, 11) is 0. The molecular weight excluding hydrogens is 783 g/mol. The van der Waals surface area contributed by atoms with Crippen molar-refractivity contribution < 1.29 is 0 Å². The van der Waals surface area contributed by atoms with E-state index in [1.807, 2.05) is 0 Å². The fourth-order valence-corrected chi connectivity index (χ4v) is 9.92. The second-order valence-corrected chi connectivity index (χ2v) is 16.9. The van der Waals surface area contributed by atoms with Gasteiger partial charge in [-0.25, -0.2) is 0 Å². The van der Waals surface area contributed by atoms with E-state index in [0.29, 0.717) is 0 Å². The summed E-state index contributed by atoms with van der Waals surface area (Å²) in [6.45, 7) is 0. The van der Waals surface area contributed by atoms with E-state index in [2.05, 4.69) is 266 Å². The smallest absolute Gasteiger partial charge is 0.0468 e. The van der Waals surface area contributed by atoms with Gasteiger partial charge in [0.1, 0.15) is 0 Å². The molecule has 0 unspecified atom stereocenters. The fourth-order valence-electron chi connectivity index (χ4n) is 9.92. The zero-order valence-corrected chi connectivity index (χ0v) is 35.8. The van der Waals surface area contributed by atoms with Gasteiger partial charge in [0.15, 0.2) is 0 Å². The summed E-state index contributed by atoms with van der Waals surface area (Å²) >= 11 is 0. The first-order chi connectivity index (χ1) is 32.2. The van der Waals surface area contributed by atoms with Crippen molar-refractivity contribution >= 4 is 60.2 Å². The van der Waals surface area contributed by atoms with Crippen LogP contribution in [0, 0.1) is 0 Å². The second kappa shape index (κ2) is 16.3. The Kier molecular flexibility index (Phi) is 9.58. The summed E-state index contributed by atoms with van der Waals surface area (Å²) in [4.78, 5) is 2.42. The van der Waals surface area contributed by atoms with Crippen molar-refractivity contribution in [2.45, 2.75) is 0 Å². The lowest BCUT2D eigenvalue weighted by Gasteiger charge is -2.27. The molecule has 0 fully saturated rings. The number of hydrogen-bond acceptors (Lipinski definition) is 1. The average Bonchev–Trinajstić information content (AvgIpc) is 3.39. The molecule has 12 aromatic rings. The molecule has 304 valence electrons. The van der Waals surface area contributed by atoms with Crippen LogP contribution in [0.5, 0.6) is 0 Å². The van der Waals surface area contributed by atoms with E-state index in [1.165, 1.54) is 93.2 Å². The molecule has 12 rings (SSSR count). The van der Waals surface area contributed by atoms with E-state index in [1.54, 1.807) is 0 Å². The van der Waals surface area contributed by atoms with Crippen LogP contribution >= 0.6 is 0 Å². The molecule has 0 atom stereocenters. The number of rotatable bonds is 8. The van der Waals surface area contributed by atoms with Crippen LogP contribution in [0.1, 0.15) is 0 Å². The van der Waals surface area contributed by atoms with Crippen molar-refractivity contribution in [3.63, 3.8) is 0 Å². The normalized spacial score (nSPS) is 11.4. The summed E-state index contributed by atoms with van der Waals surface area (Å²) in [5, 5.41) is 9.88. The molecule has 0 heterocycles. The van der Waals surface area contributed by atoms with Crippen LogP contribution in [0.4, 0.5) is 17.1 Å². The highest BCUT2D eigenvalue weighted by Crippen LogP contribution is 2.46. The molecule has 0 saturated carbocycles. The van der Waals surface area contributed by atoms with E-state index in [0.717, 1.165) is 22.6 Å². The van der Waals surface area contributed by atoms with Crippen LogP contribution < -0.4 is 4.90 Å². The molecule has 1 heteroatoms. The van der Waals surface area contributed by atoms with Crippen LogP contribution in [0.3, 0.4) is 0 Å². The Morgan fingerprint density at radius 3 is 1.40 bits per heavy atom. The van der Waals surface area contributed by atoms with Crippen LogP contribution in [0.2, 0.25) is 0 Å². The van der Waals surface area contributed by atoms with Gasteiger partial charge in [-0.2, -0.15) is 0 Å². The minimum absolute atomic E-state index is 1.09. The lowest BCUT2D eigenvalue weighted by molar-refractivity contribution is 1.29. The molecule has 0 aromatic heterocycles. The first-order valence-corrected chi connectivity index (χ1v) is 22.4. The SMILES string of the molecule is c1ccc(-c2ccc3cc(N(c4cccc(-c5ccc6c(c5)c(-c5ccccc5)c(-c5ccccc5)c5ccccc56)c4)c4cccc(-c5cccc6ccccc56)c4)ccc3c2)cc1. The molecule has 0 bridgehead atoms. The Labute approximate surface area is 379 Å². The molecule has 65 heavy (non-hydrogen) atoms. The summed E-state index contributed by atoms with van der Waals surface area (Å²) in [5.41, 5.74) is 15.4. The van der Waals surface area contributed by atoms with Crippen LogP contribution in [0.25, 0.3) is 98.7 Å². The van der Waals surface area contributed by atoms with Crippen molar-refractivity contribution in [2.75, 3.05) is 4.90 Å². The fraction of sp³-hybridized carbons (Fsp3) is 0. The molecule has 0 N–H and O–H groups in total. The number of anilines is 3. The first-order valence-electron chi connectivity index (χ1n) is 22.4. The molecule has 1 nitrogen and oxygen atoms in total. The Hall–Kier alpha value is -8.52. The Morgan fingerprint density at radius 1 is 0.200 bits per heavy atom. The molecule has 0 aliphatic carbocycles. The van der Waals surface area contributed by atoms with Gasteiger partial charge in [-0.15, -0.1) is 0 Å². The number of hydrogen-bond donors (Lipinski definition) is 0.